The summed E-state index contributed by atoms with van der Waals surface area (Å²) in [6, 6.07) is 6.11. The van der Waals surface area contributed by atoms with E-state index in [4.69, 9.17) is 18.9 Å². The van der Waals surface area contributed by atoms with E-state index >= 15 is 0 Å². The lowest BCUT2D eigenvalue weighted by Crippen LogP contribution is -2.45. The Labute approximate surface area is 270 Å². The molecule has 46 heavy (non-hydrogen) atoms. The lowest BCUT2D eigenvalue weighted by Gasteiger charge is -2.31. The molecular weight excluding hydrogens is 592 g/mol. The molecule has 0 spiro atoms. The second-order valence-corrected chi connectivity index (χ2v) is 13.9. The van der Waals surface area contributed by atoms with E-state index in [-0.39, 0.29) is 43.6 Å². The third-order valence-corrected chi connectivity index (χ3v) is 8.61. The van der Waals surface area contributed by atoms with Crippen molar-refractivity contribution >= 4 is 29.8 Å². The maximum atomic E-state index is 13.5. The predicted octanol–water partition coefficient (Wildman–Crippen LogP) is 3.54. The van der Waals surface area contributed by atoms with E-state index in [0.717, 1.165) is 25.7 Å². The zero-order valence-electron chi connectivity index (χ0n) is 27.3. The molecule has 2 N–H and O–H groups in total. The molecule has 1 aromatic rings. The van der Waals surface area contributed by atoms with E-state index in [1.807, 2.05) is 0 Å². The summed E-state index contributed by atoms with van der Waals surface area (Å²) in [4.78, 5) is 52.7. The van der Waals surface area contributed by atoms with Crippen LogP contribution in [0.25, 0.3) is 6.08 Å². The van der Waals surface area contributed by atoms with Gasteiger partial charge in [-0.05, 0) is 82.7 Å². The highest BCUT2D eigenvalue weighted by Gasteiger charge is 2.64. The molecule has 0 bridgehead atoms. The van der Waals surface area contributed by atoms with Crippen LogP contribution in [0.3, 0.4) is 0 Å². The van der Waals surface area contributed by atoms with Gasteiger partial charge in [-0.3, -0.25) is 14.4 Å². The van der Waals surface area contributed by atoms with Crippen LogP contribution in [0, 0.1) is 11.8 Å². The van der Waals surface area contributed by atoms with Crippen LogP contribution < -0.4 is 5.32 Å². The number of likely N-dealkylation sites (N-methyl/N-ethyl adjacent to an activating group) is 1. The van der Waals surface area contributed by atoms with Gasteiger partial charge in [-0.25, -0.2) is 4.79 Å². The maximum absolute atomic E-state index is 13.5. The van der Waals surface area contributed by atoms with Gasteiger partial charge in [-0.15, -0.1) is 0 Å². The number of hydrogen-bond donors (Lipinski definition) is 2. The van der Waals surface area contributed by atoms with Gasteiger partial charge in [0.15, 0.2) is 5.79 Å². The van der Waals surface area contributed by atoms with Crippen LogP contribution in [0.1, 0.15) is 81.6 Å². The van der Waals surface area contributed by atoms with Crippen molar-refractivity contribution in [3.05, 3.63) is 53.1 Å². The molecule has 1 saturated heterocycles. The molecule has 3 fully saturated rings. The Morgan fingerprint density at radius 1 is 1.11 bits per heavy atom. The molecule has 3 aliphatic carbocycles. The molecule has 1 aliphatic heterocycles. The fraction of sp³-hybridized carbons (Fsp3) is 0.600. The number of aliphatic hydroxyl groups excluding tert-OH is 1. The summed E-state index contributed by atoms with van der Waals surface area (Å²) in [5.41, 5.74) is 0.691. The molecule has 1 heterocycles. The number of nitrogens with one attached hydrogen (secondary N) is 1. The van der Waals surface area contributed by atoms with Gasteiger partial charge in [0.25, 0.3) is 0 Å². The second kappa shape index (κ2) is 13.7. The van der Waals surface area contributed by atoms with Crippen molar-refractivity contribution < 1.29 is 43.2 Å². The van der Waals surface area contributed by atoms with Crippen LogP contribution in [0.4, 0.5) is 0 Å². The van der Waals surface area contributed by atoms with Crippen molar-refractivity contribution in [1.82, 2.24) is 10.2 Å². The Morgan fingerprint density at radius 2 is 1.80 bits per heavy atom. The van der Waals surface area contributed by atoms with Gasteiger partial charge in [0, 0.05) is 50.4 Å². The highest BCUT2D eigenvalue weighted by Crippen LogP contribution is 2.59. The van der Waals surface area contributed by atoms with Crippen LogP contribution in [0.15, 0.2) is 42.0 Å². The Balaban J connectivity index is 1.31. The van der Waals surface area contributed by atoms with E-state index in [0.29, 0.717) is 16.7 Å². The van der Waals surface area contributed by atoms with Crippen LogP contribution in [-0.2, 0) is 33.3 Å². The summed E-state index contributed by atoms with van der Waals surface area (Å²) in [6.07, 6.45) is 7.19. The van der Waals surface area contributed by atoms with E-state index in [9.17, 15) is 24.3 Å². The van der Waals surface area contributed by atoms with Crippen LogP contribution in [-0.4, -0.2) is 90.2 Å². The smallest absolute Gasteiger partial charge is 0.338 e. The number of rotatable bonds is 12. The molecule has 2 amide bonds. The minimum absolute atomic E-state index is 0.0343. The summed E-state index contributed by atoms with van der Waals surface area (Å²) in [7, 11) is 3.32. The van der Waals surface area contributed by atoms with Gasteiger partial charge in [-0.2, -0.15) is 0 Å². The average molecular weight is 639 g/mol. The highest BCUT2D eigenvalue weighted by molar-refractivity contribution is 5.95. The lowest BCUT2D eigenvalue weighted by molar-refractivity contribution is -0.209. The molecule has 1 aromatic carbocycles. The molecule has 11 nitrogen and oxygen atoms in total. The molecule has 4 atom stereocenters. The number of carbonyl (C=O) groups excluding carboxylic acids is 4. The molecule has 2 saturated carbocycles. The van der Waals surface area contributed by atoms with Crippen LogP contribution in [0.5, 0.6) is 0 Å². The Bertz CT molecular complexity index is 1370. The third-order valence-electron chi connectivity index (χ3n) is 8.61. The van der Waals surface area contributed by atoms with Crippen molar-refractivity contribution in [2.45, 2.75) is 101 Å². The summed E-state index contributed by atoms with van der Waals surface area (Å²) in [5, 5.41) is 12.8. The SMILES string of the molecule is CN(C)C(=O)C=Cc1cccc(C(=O)O[C@@H]2CC(C(=O)N[C@H](CO)CCC(=O)OC(C)(C)C)=C[C@H]3OC(C4CC4)(C4CC4)O[C@H]32)c1. The Morgan fingerprint density at radius 3 is 2.41 bits per heavy atom. The Kier molecular flexibility index (Phi) is 10.0. The summed E-state index contributed by atoms with van der Waals surface area (Å²) >= 11 is 0. The third kappa shape index (κ3) is 8.24. The monoisotopic (exact) mass is 638 g/mol. The van der Waals surface area contributed by atoms with E-state index in [1.54, 1.807) is 71.3 Å². The first-order valence-corrected chi connectivity index (χ1v) is 16.2. The number of carbonyl (C=O) groups is 4. The fourth-order valence-electron chi connectivity index (χ4n) is 6.03. The molecule has 5 rings (SSSR count). The quantitative estimate of drug-likeness (QED) is 0.260. The number of ether oxygens (including phenoxy) is 4. The Hall–Kier alpha value is -3.54. The number of esters is 2. The summed E-state index contributed by atoms with van der Waals surface area (Å²) < 4.78 is 24.7. The first kappa shape index (κ1) is 33.8. The zero-order chi connectivity index (χ0) is 33.2. The molecular formula is C35H46N2O9. The van der Waals surface area contributed by atoms with Gasteiger partial charge in [0.2, 0.25) is 11.8 Å². The minimum Gasteiger partial charge on any atom is -0.460 e. The molecule has 250 valence electrons. The van der Waals surface area contributed by atoms with E-state index in [2.05, 4.69) is 5.32 Å². The lowest BCUT2D eigenvalue weighted by atomic mass is 9.91. The van der Waals surface area contributed by atoms with Gasteiger partial charge in [-0.1, -0.05) is 12.1 Å². The first-order chi connectivity index (χ1) is 21.8. The van der Waals surface area contributed by atoms with Gasteiger partial charge >= 0.3 is 11.9 Å². The average Bonchev–Trinajstić information content (AvgIpc) is 3.94. The topological polar surface area (TPSA) is 141 Å². The number of amides is 2. The van der Waals surface area contributed by atoms with Gasteiger partial charge < -0.3 is 34.3 Å². The van der Waals surface area contributed by atoms with Crippen molar-refractivity contribution in [1.29, 1.82) is 0 Å². The van der Waals surface area contributed by atoms with Crippen LogP contribution >= 0.6 is 0 Å². The van der Waals surface area contributed by atoms with Gasteiger partial charge in [0.05, 0.1) is 18.2 Å². The number of benzene rings is 1. The fourth-order valence-corrected chi connectivity index (χ4v) is 6.03. The van der Waals surface area contributed by atoms with Crippen molar-refractivity contribution in [2.75, 3.05) is 20.7 Å². The van der Waals surface area contributed by atoms with E-state index < -0.39 is 53.6 Å². The molecule has 0 unspecified atom stereocenters. The maximum Gasteiger partial charge on any atom is 0.338 e. The van der Waals surface area contributed by atoms with Crippen molar-refractivity contribution in [3.8, 4) is 0 Å². The molecule has 0 aromatic heterocycles. The number of aliphatic hydroxyl groups is 1. The number of hydrogen-bond acceptors (Lipinski definition) is 9. The normalized spacial score (nSPS) is 24.5. The number of fused-ring (bicyclic) bond motifs is 1. The largest absolute Gasteiger partial charge is 0.460 e. The predicted molar refractivity (Wildman–Crippen MR) is 168 cm³/mol. The van der Waals surface area contributed by atoms with Crippen molar-refractivity contribution in [2.24, 2.45) is 11.8 Å². The standard InChI is InChI=1S/C35H46N2O9/c1-34(2,3)45-30(40)16-14-26(20-38)36-32(41)23-18-27(31-28(19-23)44-35(46-31,24-10-11-24)25-12-13-25)43-33(42)22-8-6-7-21(17-22)9-15-29(39)37(4)5/h6-9,15,17,19,24-28,31,38H,10-14,16,18,20H2,1-5H3,(H,36,41)/t26-,27+,28+,31-/m0/s1. The molecule has 4 aliphatic rings. The minimum atomic E-state index is -0.800. The molecule has 11 heteroatoms. The zero-order valence-corrected chi connectivity index (χ0v) is 27.3. The molecule has 0 radical (unpaired) electrons. The summed E-state index contributed by atoms with van der Waals surface area (Å²) in [6.45, 7) is 4.98. The van der Waals surface area contributed by atoms with Crippen LogP contribution in [0.2, 0.25) is 0 Å². The number of nitrogens with zero attached hydrogens (tertiary/aromatic N) is 1. The van der Waals surface area contributed by atoms with Gasteiger partial charge in [0.1, 0.15) is 23.9 Å². The van der Waals surface area contributed by atoms with E-state index in [1.165, 1.54) is 11.0 Å². The van der Waals surface area contributed by atoms with Crippen molar-refractivity contribution in [3.63, 3.8) is 0 Å². The summed E-state index contributed by atoms with van der Waals surface area (Å²) in [5.74, 6) is -1.81. The first-order valence-electron chi connectivity index (χ1n) is 16.2. The highest BCUT2D eigenvalue weighted by atomic mass is 16.8. The second-order valence-electron chi connectivity index (χ2n) is 13.9.